The van der Waals surface area contributed by atoms with E-state index in [0.29, 0.717) is 34.4 Å². The Morgan fingerprint density at radius 2 is 1.07 bits per heavy atom. The molecule has 0 spiro atoms. The summed E-state index contributed by atoms with van der Waals surface area (Å²) >= 11 is 0. The van der Waals surface area contributed by atoms with Crippen LogP contribution < -0.4 is 29.6 Å². The van der Waals surface area contributed by atoms with E-state index in [4.69, 9.17) is 18.9 Å². The predicted molar refractivity (Wildman–Crippen MR) is 106 cm³/mol. The van der Waals surface area contributed by atoms with E-state index >= 15 is 0 Å². The number of benzene rings is 2. The van der Waals surface area contributed by atoms with Gasteiger partial charge in [0.15, 0.2) is 0 Å². The van der Waals surface area contributed by atoms with Crippen LogP contribution in [0.4, 0.5) is 11.4 Å². The molecule has 0 aromatic heterocycles. The number of carbonyl (C=O) groups excluding carboxylic acids is 2. The van der Waals surface area contributed by atoms with Crippen molar-refractivity contribution in [2.75, 3.05) is 39.1 Å². The summed E-state index contributed by atoms with van der Waals surface area (Å²) in [6.45, 7) is 0. The molecule has 150 valence electrons. The van der Waals surface area contributed by atoms with Gasteiger partial charge in [0, 0.05) is 25.0 Å². The van der Waals surface area contributed by atoms with Gasteiger partial charge in [-0.2, -0.15) is 0 Å². The van der Waals surface area contributed by atoms with Crippen molar-refractivity contribution in [2.24, 2.45) is 0 Å². The fraction of sp³-hybridized carbons (Fsp3) is 0.300. The highest BCUT2D eigenvalue weighted by Gasteiger charge is 2.13. The van der Waals surface area contributed by atoms with E-state index < -0.39 is 0 Å². The number of rotatable bonds is 9. The van der Waals surface area contributed by atoms with E-state index in [1.807, 2.05) is 0 Å². The van der Waals surface area contributed by atoms with Crippen molar-refractivity contribution in [3.63, 3.8) is 0 Å². The van der Waals surface area contributed by atoms with E-state index in [9.17, 15) is 9.59 Å². The second-order valence-corrected chi connectivity index (χ2v) is 5.73. The van der Waals surface area contributed by atoms with E-state index in [2.05, 4.69) is 10.6 Å². The second kappa shape index (κ2) is 10.1. The molecule has 2 aromatic carbocycles. The zero-order valence-electron chi connectivity index (χ0n) is 16.3. The highest BCUT2D eigenvalue weighted by molar-refractivity contribution is 5.98. The Bertz CT molecular complexity index is 768. The SMILES string of the molecule is COc1ccc(OC)c(NC(=O)CCC(=O)Nc2cc(OC)ccc2OC)c1. The molecule has 2 rings (SSSR count). The molecule has 8 nitrogen and oxygen atoms in total. The monoisotopic (exact) mass is 388 g/mol. The van der Waals surface area contributed by atoms with Crippen LogP contribution in [-0.4, -0.2) is 40.3 Å². The lowest BCUT2D eigenvalue weighted by atomic mass is 10.2. The fourth-order valence-electron chi connectivity index (χ4n) is 2.48. The van der Waals surface area contributed by atoms with E-state index in [1.165, 1.54) is 28.4 Å². The lowest BCUT2D eigenvalue weighted by Gasteiger charge is -2.13. The maximum Gasteiger partial charge on any atom is 0.224 e. The van der Waals surface area contributed by atoms with Crippen LogP contribution in [0.5, 0.6) is 23.0 Å². The van der Waals surface area contributed by atoms with Gasteiger partial charge in [0.1, 0.15) is 23.0 Å². The van der Waals surface area contributed by atoms with Crippen LogP contribution >= 0.6 is 0 Å². The molecule has 0 radical (unpaired) electrons. The molecular weight excluding hydrogens is 364 g/mol. The topological polar surface area (TPSA) is 95.1 Å². The fourth-order valence-corrected chi connectivity index (χ4v) is 2.48. The van der Waals surface area contributed by atoms with Crippen LogP contribution in [0.25, 0.3) is 0 Å². The number of hydrogen-bond donors (Lipinski definition) is 2. The summed E-state index contributed by atoms with van der Waals surface area (Å²) in [5.74, 6) is 1.52. The van der Waals surface area contributed by atoms with E-state index in [0.717, 1.165) is 0 Å². The smallest absolute Gasteiger partial charge is 0.224 e. The normalized spacial score (nSPS) is 10.0. The molecule has 28 heavy (non-hydrogen) atoms. The first kappa shape index (κ1) is 20.9. The Balaban J connectivity index is 1.95. The van der Waals surface area contributed by atoms with Crippen LogP contribution in [0.2, 0.25) is 0 Å². The third kappa shape index (κ3) is 5.54. The number of nitrogens with one attached hydrogen (secondary N) is 2. The summed E-state index contributed by atoms with van der Waals surface area (Å²) in [4.78, 5) is 24.5. The molecule has 2 N–H and O–H groups in total. The van der Waals surface area contributed by atoms with Crippen molar-refractivity contribution in [1.82, 2.24) is 0 Å². The Morgan fingerprint density at radius 1 is 0.679 bits per heavy atom. The summed E-state index contributed by atoms with van der Waals surface area (Å²) in [5, 5.41) is 5.46. The summed E-state index contributed by atoms with van der Waals surface area (Å²) < 4.78 is 20.7. The lowest BCUT2D eigenvalue weighted by Crippen LogP contribution is -2.18. The number of anilines is 2. The molecule has 0 bridgehead atoms. The molecule has 0 aliphatic rings. The minimum atomic E-state index is -0.320. The van der Waals surface area contributed by atoms with Crippen LogP contribution in [0.3, 0.4) is 0 Å². The van der Waals surface area contributed by atoms with Crippen molar-refractivity contribution in [1.29, 1.82) is 0 Å². The maximum atomic E-state index is 12.2. The third-order valence-corrected chi connectivity index (χ3v) is 3.94. The maximum absolute atomic E-state index is 12.2. The van der Waals surface area contributed by atoms with Gasteiger partial charge in [0.25, 0.3) is 0 Å². The van der Waals surface area contributed by atoms with Crippen LogP contribution in [0.15, 0.2) is 36.4 Å². The molecule has 0 atom stereocenters. The Morgan fingerprint density at radius 3 is 1.39 bits per heavy atom. The largest absolute Gasteiger partial charge is 0.497 e. The molecule has 2 aromatic rings. The standard InChI is InChI=1S/C20H24N2O6/c1-25-13-5-7-17(27-3)15(11-13)21-19(23)9-10-20(24)22-16-12-14(26-2)6-8-18(16)28-4/h5-8,11-12H,9-10H2,1-4H3,(H,21,23)(H,22,24). The molecule has 0 aliphatic carbocycles. The first-order valence-corrected chi connectivity index (χ1v) is 8.54. The molecule has 8 heteroatoms. The molecule has 0 saturated heterocycles. The molecule has 2 amide bonds. The number of hydrogen-bond acceptors (Lipinski definition) is 6. The number of carbonyl (C=O) groups is 2. The summed E-state index contributed by atoms with van der Waals surface area (Å²) in [7, 11) is 6.08. The lowest BCUT2D eigenvalue weighted by molar-refractivity contribution is -0.121. The highest BCUT2D eigenvalue weighted by atomic mass is 16.5. The van der Waals surface area contributed by atoms with E-state index in [1.54, 1.807) is 36.4 Å². The molecule has 0 heterocycles. The predicted octanol–water partition coefficient (Wildman–Crippen LogP) is 3.08. The summed E-state index contributed by atoms with van der Waals surface area (Å²) in [6, 6.07) is 10.1. The van der Waals surface area contributed by atoms with Crippen molar-refractivity contribution < 1.29 is 28.5 Å². The zero-order valence-corrected chi connectivity index (χ0v) is 16.3. The van der Waals surface area contributed by atoms with Gasteiger partial charge in [-0.3, -0.25) is 9.59 Å². The van der Waals surface area contributed by atoms with Crippen molar-refractivity contribution in [2.45, 2.75) is 12.8 Å². The van der Waals surface area contributed by atoms with Gasteiger partial charge in [-0.05, 0) is 24.3 Å². The van der Waals surface area contributed by atoms with Gasteiger partial charge < -0.3 is 29.6 Å². The first-order valence-electron chi connectivity index (χ1n) is 8.54. The van der Waals surface area contributed by atoms with Gasteiger partial charge in [-0.15, -0.1) is 0 Å². The number of ether oxygens (including phenoxy) is 4. The van der Waals surface area contributed by atoms with Crippen molar-refractivity contribution >= 4 is 23.2 Å². The van der Waals surface area contributed by atoms with Crippen molar-refractivity contribution in [3.05, 3.63) is 36.4 Å². The van der Waals surface area contributed by atoms with Gasteiger partial charge in [0.2, 0.25) is 11.8 Å². The average Bonchev–Trinajstić information content (AvgIpc) is 2.72. The van der Waals surface area contributed by atoms with Crippen LogP contribution in [0.1, 0.15) is 12.8 Å². The Hall–Kier alpha value is -3.42. The third-order valence-electron chi connectivity index (χ3n) is 3.94. The summed E-state index contributed by atoms with van der Waals surface area (Å²) in [6.07, 6.45) is -0.00301. The molecule has 0 unspecified atom stereocenters. The number of methoxy groups -OCH3 is 4. The number of amides is 2. The minimum absolute atomic E-state index is 0.00151. The minimum Gasteiger partial charge on any atom is -0.497 e. The van der Waals surface area contributed by atoms with Gasteiger partial charge in [0.05, 0.1) is 39.8 Å². The molecule has 0 aliphatic heterocycles. The molecular formula is C20H24N2O6. The van der Waals surface area contributed by atoms with Gasteiger partial charge in [-0.25, -0.2) is 0 Å². The van der Waals surface area contributed by atoms with Crippen LogP contribution in [-0.2, 0) is 9.59 Å². The van der Waals surface area contributed by atoms with Gasteiger partial charge in [-0.1, -0.05) is 0 Å². The average molecular weight is 388 g/mol. The summed E-state index contributed by atoms with van der Waals surface area (Å²) in [5.41, 5.74) is 0.948. The second-order valence-electron chi connectivity index (χ2n) is 5.73. The van der Waals surface area contributed by atoms with Crippen LogP contribution in [0, 0.1) is 0 Å². The molecule has 0 saturated carbocycles. The first-order chi connectivity index (χ1) is 13.5. The quantitative estimate of drug-likeness (QED) is 0.686. The van der Waals surface area contributed by atoms with Gasteiger partial charge >= 0.3 is 0 Å². The highest BCUT2D eigenvalue weighted by Crippen LogP contribution is 2.30. The molecule has 0 fully saturated rings. The van der Waals surface area contributed by atoms with E-state index in [-0.39, 0.29) is 24.7 Å². The van der Waals surface area contributed by atoms with Crippen molar-refractivity contribution in [3.8, 4) is 23.0 Å². The Labute approximate surface area is 163 Å². The zero-order chi connectivity index (χ0) is 20.5. The Kier molecular flexibility index (Phi) is 7.50.